The fourth-order valence-corrected chi connectivity index (χ4v) is 1.57. The van der Waals surface area contributed by atoms with Crippen LogP contribution in [0, 0.1) is 0 Å². The van der Waals surface area contributed by atoms with Crippen LogP contribution in [0.4, 0.5) is 5.82 Å². The minimum atomic E-state index is -0.357. The number of amides is 1. The van der Waals surface area contributed by atoms with E-state index < -0.39 is 0 Å². The molecule has 0 radical (unpaired) electrons. The summed E-state index contributed by atoms with van der Waals surface area (Å²) in [4.78, 5) is 19.7. The molecule has 2 heterocycles. The van der Waals surface area contributed by atoms with Crippen LogP contribution in [0.15, 0.2) is 36.7 Å². The molecule has 18 heavy (non-hydrogen) atoms. The number of carbonyl (C=O) groups is 1. The number of hydrogen-bond donors (Lipinski definition) is 2. The first-order chi connectivity index (χ1) is 8.66. The Hall–Kier alpha value is -2.14. The van der Waals surface area contributed by atoms with Gasteiger partial charge in [-0.25, -0.2) is 4.98 Å². The third-order valence-electron chi connectivity index (χ3n) is 2.29. The summed E-state index contributed by atoms with van der Waals surface area (Å²) in [6, 6.07) is 6.72. The zero-order valence-electron chi connectivity index (χ0n) is 9.43. The number of carbonyl (C=O) groups excluding carboxylic acids is 1. The lowest BCUT2D eigenvalue weighted by atomic mass is 10.2. The van der Waals surface area contributed by atoms with E-state index in [1.54, 1.807) is 24.5 Å². The highest BCUT2D eigenvalue weighted by Crippen LogP contribution is 2.15. The minimum absolute atomic E-state index is 0.130. The van der Waals surface area contributed by atoms with Gasteiger partial charge in [0.1, 0.15) is 11.5 Å². The number of halogens is 1. The molecule has 0 aromatic carbocycles. The standard InChI is InChI=1S/C12H11ClN4O/c13-9-1-2-10(14)17-11(9)12(18)16-7-8-3-5-15-6-4-8/h1-6H,7H2,(H2,14,17)(H,16,18). The van der Waals surface area contributed by atoms with Crippen LogP contribution in [0.5, 0.6) is 0 Å². The van der Waals surface area contributed by atoms with Crippen molar-refractivity contribution in [3.8, 4) is 0 Å². The van der Waals surface area contributed by atoms with E-state index in [-0.39, 0.29) is 22.4 Å². The van der Waals surface area contributed by atoms with Gasteiger partial charge in [-0.05, 0) is 29.8 Å². The highest BCUT2D eigenvalue weighted by atomic mass is 35.5. The van der Waals surface area contributed by atoms with Gasteiger partial charge in [-0.15, -0.1) is 0 Å². The predicted octanol–water partition coefficient (Wildman–Crippen LogP) is 1.64. The molecule has 5 nitrogen and oxygen atoms in total. The SMILES string of the molecule is Nc1ccc(Cl)c(C(=O)NCc2ccncc2)n1. The maximum atomic E-state index is 11.9. The molecule has 6 heteroatoms. The highest BCUT2D eigenvalue weighted by molar-refractivity contribution is 6.33. The number of rotatable bonds is 3. The van der Waals surface area contributed by atoms with Crippen molar-refractivity contribution in [2.75, 3.05) is 5.73 Å². The van der Waals surface area contributed by atoms with E-state index in [4.69, 9.17) is 17.3 Å². The summed E-state index contributed by atoms with van der Waals surface area (Å²) in [5.41, 5.74) is 6.59. The Morgan fingerprint density at radius 3 is 2.72 bits per heavy atom. The molecule has 0 aliphatic rings. The van der Waals surface area contributed by atoms with E-state index in [0.717, 1.165) is 5.56 Å². The topological polar surface area (TPSA) is 80.9 Å². The molecule has 0 aliphatic heterocycles. The van der Waals surface area contributed by atoms with Crippen molar-refractivity contribution in [2.45, 2.75) is 6.54 Å². The molecule has 0 fully saturated rings. The number of pyridine rings is 2. The number of hydrogen-bond acceptors (Lipinski definition) is 4. The lowest BCUT2D eigenvalue weighted by Gasteiger charge is -2.06. The Labute approximate surface area is 109 Å². The smallest absolute Gasteiger partial charge is 0.271 e. The number of nitrogens with two attached hydrogens (primary N) is 1. The molecule has 0 bridgehead atoms. The van der Waals surface area contributed by atoms with Gasteiger partial charge >= 0.3 is 0 Å². The first-order valence-electron chi connectivity index (χ1n) is 5.26. The molecule has 2 aromatic rings. The Balaban J connectivity index is 2.06. The largest absolute Gasteiger partial charge is 0.384 e. The van der Waals surface area contributed by atoms with Crippen molar-refractivity contribution in [1.29, 1.82) is 0 Å². The average Bonchev–Trinajstić information content (AvgIpc) is 2.40. The van der Waals surface area contributed by atoms with Crippen molar-refractivity contribution in [3.63, 3.8) is 0 Å². The van der Waals surface area contributed by atoms with Gasteiger partial charge in [0, 0.05) is 18.9 Å². The monoisotopic (exact) mass is 262 g/mol. The van der Waals surface area contributed by atoms with Gasteiger partial charge in [0.2, 0.25) is 0 Å². The summed E-state index contributed by atoms with van der Waals surface area (Å²) < 4.78 is 0. The summed E-state index contributed by atoms with van der Waals surface area (Å²) in [5.74, 6) is -0.0995. The van der Waals surface area contributed by atoms with Crippen LogP contribution in [-0.4, -0.2) is 15.9 Å². The molecular weight excluding hydrogens is 252 g/mol. The van der Waals surface area contributed by atoms with E-state index in [9.17, 15) is 4.79 Å². The van der Waals surface area contributed by atoms with Crippen LogP contribution >= 0.6 is 11.6 Å². The Morgan fingerprint density at radius 1 is 1.28 bits per heavy atom. The van der Waals surface area contributed by atoms with E-state index in [0.29, 0.717) is 6.54 Å². The Bertz CT molecular complexity index is 559. The molecule has 3 N–H and O–H groups in total. The number of nitrogens with zero attached hydrogens (tertiary/aromatic N) is 2. The summed E-state index contributed by atoms with van der Waals surface area (Å²) in [5, 5.41) is 2.99. The van der Waals surface area contributed by atoms with Crippen molar-refractivity contribution in [2.24, 2.45) is 0 Å². The molecule has 0 saturated heterocycles. The Kier molecular flexibility index (Phi) is 3.74. The maximum absolute atomic E-state index is 11.9. The fraction of sp³-hybridized carbons (Fsp3) is 0.0833. The number of anilines is 1. The highest BCUT2D eigenvalue weighted by Gasteiger charge is 2.12. The normalized spacial score (nSPS) is 10.1. The van der Waals surface area contributed by atoms with Gasteiger partial charge in [0.15, 0.2) is 0 Å². The second kappa shape index (κ2) is 5.46. The van der Waals surface area contributed by atoms with Crippen LogP contribution in [0.1, 0.15) is 16.1 Å². The molecule has 0 unspecified atom stereocenters. The quantitative estimate of drug-likeness (QED) is 0.881. The molecule has 0 saturated carbocycles. The molecule has 2 aromatic heterocycles. The van der Waals surface area contributed by atoms with Crippen LogP contribution in [0.3, 0.4) is 0 Å². The van der Waals surface area contributed by atoms with E-state index in [1.165, 1.54) is 0 Å². The molecule has 0 atom stereocenters. The Morgan fingerprint density at radius 2 is 2.00 bits per heavy atom. The lowest BCUT2D eigenvalue weighted by Crippen LogP contribution is -2.24. The van der Waals surface area contributed by atoms with Gasteiger partial charge < -0.3 is 11.1 Å². The van der Waals surface area contributed by atoms with Crippen LogP contribution in [-0.2, 0) is 6.54 Å². The summed E-state index contributed by atoms with van der Waals surface area (Å²) in [6.07, 6.45) is 3.32. The predicted molar refractivity (Wildman–Crippen MR) is 69.1 cm³/mol. The summed E-state index contributed by atoms with van der Waals surface area (Å²) >= 11 is 5.88. The minimum Gasteiger partial charge on any atom is -0.384 e. The third kappa shape index (κ3) is 2.95. The number of aromatic nitrogens is 2. The van der Waals surface area contributed by atoms with Gasteiger partial charge in [0.05, 0.1) is 5.02 Å². The van der Waals surface area contributed by atoms with E-state index in [1.807, 2.05) is 12.1 Å². The van der Waals surface area contributed by atoms with Crippen LogP contribution < -0.4 is 11.1 Å². The molecular formula is C12H11ClN4O. The van der Waals surface area contributed by atoms with Crippen molar-refractivity contribution < 1.29 is 4.79 Å². The van der Waals surface area contributed by atoms with Gasteiger partial charge in [-0.2, -0.15) is 0 Å². The first kappa shape index (κ1) is 12.3. The third-order valence-corrected chi connectivity index (χ3v) is 2.59. The second-order valence-electron chi connectivity index (χ2n) is 3.60. The lowest BCUT2D eigenvalue weighted by molar-refractivity contribution is 0.0946. The van der Waals surface area contributed by atoms with Crippen molar-refractivity contribution in [3.05, 3.63) is 52.9 Å². The number of nitrogens with one attached hydrogen (secondary N) is 1. The van der Waals surface area contributed by atoms with Crippen molar-refractivity contribution in [1.82, 2.24) is 15.3 Å². The maximum Gasteiger partial charge on any atom is 0.271 e. The van der Waals surface area contributed by atoms with Gasteiger partial charge in [0.25, 0.3) is 5.91 Å². The van der Waals surface area contributed by atoms with Crippen LogP contribution in [0.2, 0.25) is 5.02 Å². The second-order valence-corrected chi connectivity index (χ2v) is 4.01. The number of nitrogen functional groups attached to an aromatic ring is 1. The molecule has 0 aliphatic carbocycles. The summed E-state index contributed by atoms with van der Waals surface area (Å²) in [6.45, 7) is 0.383. The zero-order valence-corrected chi connectivity index (χ0v) is 10.2. The van der Waals surface area contributed by atoms with Gasteiger partial charge in [-0.3, -0.25) is 9.78 Å². The summed E-state index contributed by atoms with van der Waals surface area (Å²) in [7, 11) is 0. The van der Waals surface area contributed by atoms with Crippen molar-refractivity contribution >= 4 is 23.3 Å². The van der Waals surface area contributed by atoms with Gasteiger partial charge in [-0.1, -0.05) is 11.6 Å². The first-order valence-corrected chi connectivity index (χ1v) is 5.64. The van der Waals surface area contributed by atoms with Crippen LogP contribution in [0.25, 0.3) is 0 Å². The average molecular weight is 263 g/mol. The van der Waals surface area contributed by atoms with E-state index >= 15 is 0 Å². The molecule has 0 spiro atoms. The molecule has 2 rings (SSSR count). The van der Waals surface area contributed by atoms with E-state index in [2.05, 4.69) is 15.3 Å². The molecule has 92 valence electrons. The molecule has 1 amide bonds. The fourth-order valence-electron chi connectivity index (χ4n) is 1.38. The zero-order chi connectivity index (χ0) is 13.0.